The molecule has 0 atom stereocenters. The van der Waals surface area contributed by atoms with Gasteiger partial charge in [-0.25, -0.2) is 4.98 Å². The molecule has 1 saturated heterocycles. The van der Waals surface area contributed by atoms with Crippen LogP contribution < -0.4 is 4.90 Å². The van der Waals surface area contributed by atoms with Gasteiger partial charge in [-0.1, -0.05) is 23.7 Å². The van der Waals surface area contributed by atoms with Crippen LogP contribution >= 0.6 is 11.6 Å². The quantitative estimate of drug-likeness (QED) is 0.728. The fraction of sp³-hybridized carbons (Fsp3) is 0.350. The molecule has 0 amide bonds. The van der Waals surface area contributed by atoms with Crippen molar-refractivity contribution < 1.29 is 0 Å². The number of benzene rings is 1. The Hall–Kier alpha value is -2.98. The summed E-state index contributed by atoms with van der Waals surface area (Å²) in [5.74, 6) is 2.10. The molecule has 0 aliphatic carbocycles. The number of aryl methyl sites for hydroxylation is 1. The van der Waals surface area contributed by atoms with Crippen LogP contribution in [-0.4, -0.2) is 38.5 Å². The zero-order chi connectivity index (χ0) is 19.6. The molecule has 3 heterocycles. The van der Waals surface area contributed by atoms with E-state index in [1.54, 1.807) is 0 Å². The maximum Gasteiger partial charge on any atom is 0.201 e. The number of H-pyrrole nitrogens is 1. The summed E-state index contributed by atoms with van der Waals surface area (Å²) in [6.07, 6.45) is 2.31. The highest BCUT2D eigenvalue weighted by molar-refractivity contribution is 6.30. The number of anilines is 1. The zero-order valence-electron chi connectivity index (χ0n) is 15.6. The molecule has 0 bridgehead atoms. The average molecular weight is 394 g/mol. The molecule has 142 valence electrons. The van der Waals surface area contributed by atoms with Crippen molar-refractivity contribution in [1.82, 2.24) is 25.4 Å². The van der Waals surface area contributed by atoms with Gasteiger partial charge in [0.2, 0.25) is 5.82 Å². The second-order valence-corrected chi connectivity index (χ2v) is 7.64. The summed E-state index contributed by atoms with van der Waals surface area (Å²) in [5, 5.41) is 26.1. The third-order valence-corrected chi connectivity index (χ3v) is 5.47. The monoisotopic (exact) mass is 393 g/mol. The third-order valence-electron chi connectivity index (χ3n) is 5.21. The van der Waals surface area contributed by atoms with Crippen molar-refractivity contribution in [3.63, 3.8) is 0 Å². The van der Waals surface area contributed by atoms with E-state index < -0.39 is 0 Å². The fourth-order valence-corrected chi connectivity index (χ4v) is 3.68. The Labute approximate surface area is 168 Å². The molecule has 0 radical (unpaired) electrons. The highest BCUT2D eigenvalue weighted by Gasteiger charge is 2.35. The Balaban J connectivity index is 1.42. The SMILES string of the molecule is Cc1nc(-c2ccc(N3CCC(C#N)(Cc4ccc(Cl)cc4)CC3)nn2)n[nH]1. The van der Waals surface area contributed by atoms with E-state index in [9.17, 15) is 5.26 Å². The van der Waals surface area contributed by atoms with Gasteiger partial charge in [-0.15, -0.1) is 10.2 Å². The van der Waals surface area contributed by atoms with Crippen LogP contribution in [-0.2, 0) is 6.42 Å². The van der Waals surface area contributed by atoms with Crippen molar-refractivity contribution in [2.45, 2.75) is 26.2 Å². The second-order valence-electron chi connectivity index (χ2n) is 7.20. The molecule has 8 heteroatoms. The summed E-state index contributed by atoms with van der Waals surface area (Å²) < 4.78 is 0. The van der Waals surface area contributed by atoms with E-state index in [1.807, 2.05) is 43.3 Å². The van der Waals surface area contributed by atoms with Crippen LogP contribution in [0.25, 0.3) is 11.5 Å². The smallest absolute Gasteiger partial charge is 0.201 e. The lowest BCUT2D eigenvalue weighted by molar-refractivity contribution is 0.301. The van der Waals surface area contributed by atoms with Crippen molar-refractivity contribution in [1.29, 1.82) is 5.26 Å². The number of aromatic amines is 1. The highest BCUT2D eigenvalue weighted by atomic mass is 35.5. The fourth-order valence-electron chi connectivity index (χ4n) is 3.56. The minimum absolute atomic E-state index is 0.353. The van der Waals surface area contributed by atoms with Crippen molar-refractivity contribution >= 4 is 17.4 Å². The van der Waals surface area contributed by atoms with E-state index in [0.29, 0.717) is 16.5 Å². The number of nitriles is 1. The van der Waals surface area contributed by atoms with Gasteiger partial charge < -0.3 is 4.90 Å². The van der Waals surface area contributed by atoms with Gasteiger partial charge in [0.05, 0.1) is 11.5 Å². The Bertz CT molecular complexity index is 981. The number of nitrogens with zero attached hydrogens (tertiary/aromatic N) is 6. The molecule has 7 nitrogen and oxygen atoms in total. The molecule has 3 aromatic rings. The van der Waals surface area contributed by atoms with Gasteiger partial charge in [0.1, 0.15) is 11.5 Å². The Morgan fingerprint density at radius 3 is 2.46 bits per heavy atom. The topological polar surface area (TPSA) is 94.4 Å². The van der Waals surface area contributed by atoms with Crippen LogP contribution in [0.3, 0.4) is 0 Å². The number of piperidine rings is 1. The first kappa shape index (κ1) is 18.4. The summed E-state index contributed by atoms with van der Waals surface area (Å²) in [5.41, 5.74) is 1.43. The van der Waals surface area contributed by atoms with Gasteiger partial charge in [-0.3, -0.25) is 5.10 Å². The molecule has 1 N–H and O–H groups in total. The number of halogens is 1. The average Bonchev–Trinajstić information content (AvgIpc) is 3.17. The molecule has 0 unspecified atom stereocenters. The first-order chi connectivity index (χ1) is 13.6. The van der Waals surface area contributed by atoms with Crippen molar-refractivity contribution in [3.8, 4) is 17.6 Å². The third kappa shape index (κ3) is 3.82. The molecule has 0 spiro atoms. The van der Waals surface area contributed by atoms with E-state index >= 15 is 0 Å². The van der Waals surface area contributed by atoms with Gasteiger partial charge in [0, 0.05) is 18.1 Å². The first-order valence-electron chi connectivity index (χ1n) is 9.21. The summed E-state index contributed by atoms with van der Waals surface area (Å²) in [6, 6.07) is 14.2. The number of nitrogens with one attached hydrogen (secondary N) is 1. The lowest BCUT2D eigenvalue weighted by Gasteiger charge is -2.37. The van der Waals surface area contributed by atoms with E-state index in [4.69, 9.17) is 11.6 Å². The van der Waals surface area contributed by atoms with Gasteiger partial charge in [-0.2, -0.15) is 10.4 Å². The lowest BCUT2D eigenvalue weighted by atomic mass is 9.75. The van der Waals surface area contributed by atoms with E-state index in [0.717, 1.165) is 49.6 Å². The molecule has 1 aliphatic rings. The predicted molar refractivity (Wildman–Crippen MR) is 107 cm³/mol. The van der Waals surface area contributed by atoms with Crippen LogP contribution in [0.5, 0.6) is 0 Å². The minimum Gasteiger partial charge on any atom is -0.355 e. The van der Waals surface area contributed by atoms with Crippen molar-refractivity contribution in [2.24, 2.45) is 5.41 Å². The lowest BCUT2D eigenvalue weighted by Crippen LogP contribution is -2.41. The molecule has 0 saturated carbocycles. The van der Waals surface area contributed by atoms with E-state index in [1.165, 1.54) is 0 Å². The van der Waals surface area contributed by atoms with Crippen LogP contribution in [0.2, 0.25) is 5.02 Å². The largest absolute Gasteiger partial charge is 0.355 e. The summed E-state index contributed by atoms with van der Waals surface area (Å²) in [7, 11) is 0. The molecule has 2 aromatic heterocycles. The Kier molecular flexibility index (Phi) is 4.97. The van der Waals surface area contributed by atoms with E-state index in [2.05, 4.69) is 36.3 Å². The van der Waals surface area contributed by atoms with Gasteiger partial charge in [0.15, 0.2) is 5.82 Å². The van der Waals surface area contributed by atoms with Crippen LogP contribution in [0, 0.1) is 23.7 Å². The molecule has 1 aliphatic heterocycles. The number of hydrogen-bond donors (Lipinski definition) is 1. The molecular formula is C20H20ClN7. The maximum atomic E-state index is 9.84. The first-order valence-corrected chi connectivity index (χ1v) is 9.58. The standard InChI is InChI=1S/C20H20ClN7/c1-14-23-19(27-24-14)17-6-7-18(26-25-17)28-10-8-20(13-22,9-11-28)12-15-2-4-16(21)5-3-15/h2-7H,8-12H2,1H3,(H,23,24,27). The number of aromatic nitrogens is 5. The van der Waals surface area contributed by atoms with E-state index in [-0.39, 0.29) is 5.41 Å². The molecule has 28 heavy (non-hydrogen) atoms. The Morgan fingerprint density at radius 2 is 1.89 bits per heavy atom. The van der Waals surface area contributed by atoms with Gasteiger partial charge >= 0.3 is 0 Å². The maximum absolute atomic E-state index is 9.84. The van der Waals surface area contributed by atoms with Crippen LogP contribution in [0.4, 0.5) is 5.82 Å². The zero-order valence-corrected chi connectivity index (χ0v) is 16.3. The molecule has 1 aromatic carbocycles. The summed E-state index contributed by atoms with van der Waals surface area (Å²) in [6.45, 7) is 3.39. The normalized spacial score (nSPS) is 16.0. The Morgan fingerprint density at radius 1 is 1.14 bits per heavy atom. The van der Waals surface area contributed by atoms with Crippen molar-refractivity contribution in [2.75, 3.05) is 18.0 Å². The minimum atomic E-state index is -0.353. The van der Waals surface area contributed by atoms with Gasteiger partial charge in [-0.05, 0) is 56.0 Å². The molecular weight excluding hydrogens is 374 g/mol. The summed E-state index contributed by atoms with van der Waals surface area (Å²) >= 11 is 5.97. The van der Waals surface area contributed by atoms with Crippen molar-refractivity contribution in [3.05, 3.63) is 52.8 Å². The molecule has 1 fully saturated rings. The molecule has 4 rings (SSSR count). The predicted octanol–water partition coefficient (Wildman–Crippen LogP) is 3.58. The van der Waals surface area contributed by atoms with Crippen LogP contribution in [0.1, 0.15) is 24.2 Å². The summed E-state index contributed by atoms with van der Waals surface area (Å²) in [4.78, 5) is 6.45. The second kappa shape index (κ2) is 7.56. The number of hydrogen-bond acceptors (Lipinski definition) is 6. The number of rotatable bonds is 4. The van der Waals surface area contributed by atoms with Gasteiger partial charge in [0.25, 0.3) is 0 Å². The highest BCUT2D eigenvalue weighted by Crippen LogP contribution is 2.36. The van der Waals surface area contributed by atoms with Crippen LogP contribution in [0.15, 0.2) is 36.4 Å².